The minimum absolute atomic E-state index is 0.317. The van der Waals surface area contributed by atoms with Crippen LogP contribution in [0.1, 0.15) is 27.2 Å². The molecule has 2 heterocycles. The van der Waals surface area contributed by atoms with Crippen LogP contribution in [-0.2, 0) is 9.47 Å². The largest absolute Gasteiger partial charge is 0.333 e. The van der Waals surface area contributed by atoms with Gasteiger partial charge < -0.3 is 9.47 Å². The fourth-order valence-corrected chi connectivity index (χ4v) is 2.24. The van der Waals surface area contributed by atoms with Crippen molar-refractivity contribution in [2.75, 3.05) is 13.1 Å². The number of fused-ring (bicyclic) bond motifs is 1. The van der Waals surface area contributed by atoms with Gasteiger partial charge in [0.1, 0.15) is 0 Å². The normalized spacial score (nSPS) is 48.2. The number of nitrogens with zero attached hydrogens (tertiary/aromatic N) is 1. The van der Waals surface area contributed by atoms with E-state index in [1.54, 1.807) is 0 Å². The molecule has 0 N–H and O–H groups in total. The molecule has 0 aromatic carbocycles. The maximum atomic E-state index is 5.80. The molecule has 3 heteroatoms. The van der Waals surface area contributed by atoms with Crippen LogP contribution in [0.2, 0.25) is 0 Å². The van der Waals surface area contributed by atoms with E-state index in [0.29, 0.717) is 12.2 Å². The summed E-state index contributed by atoms with van der Waals surface area (Å²) in [5, 5.41) is 0. The SMILES string of the molecule is CCC12OC(C)CN1CC(C)O2. The lowest BCUT2D eigenvalue weighted by Gasteiger charge is -2.27. The molecule has 2 aliphatic heterocycles. The van der Waals surface area contributed by atoms with Gasteiger partial charge in [-0.05, 0) is 13.8 Å². The minimum atomic E-state index is -0.376. The maximum Gasteiger partial charge on any atom is 0.230 e. The highest BCUT2D eigenvalue weighted by molar-refractivity contribution is 4.88. The molecule has 0 aromatic rings. The second-order valence-corrected chi connectivity index (χ2v) is 3.83. The van der Waals surface area contributed by atoms with Gasteiger partial charge in [0.2, 0.25) is 5.91 Å². The summed E-state index contributed by atoms with van der Waals surface area (Å²) in [6.07, 6.45) is 1.55. The summed E-state index contributed by atoms with van der Waals surface area (Å²) in [4.78, 5) is 2.31. The van der Waals surface area contributed by atoms with E-state index in [-0.39, 0.29) is 5.91 Å². The van der Waals surface area contributed by atoms with Crippen LogP contribution in [0.4, 0.5) is 0 Å². The number of rotatable bonds is 1. The van der Waals surface area contributed by atoms with E-state index in [2.05, 4.69) is 25.7 Å². The zero-order valence-electron chi connectivity index (χ0n) is 8.04. The van der Waals surface area contributed by atoms with E-state index in [1.165, 1.54) is 0 Å². The molecule has 0 aliphatic carbocycles. The van der Waals surface area contributed by atoms with Crippen molar-refractivity contribution in [3.05, 3.63) is 0 Å². The summed E-state index contributed by atoms with van der Waals surface area (Å²) in [6, 6.07) is 0. The lowest BCUT2D eigenvalue weighted by molar-refractivity contribution is -0.254. The topological polar surface area (TPSA) is 21.7 Å². The molecule has 2 fully saturated rings. The fraction of sp³-hybridized carbons (Fsp3) is 1.00. The van der Waals surface area contributed by atoms with E-state index in [1.807, 2.05) is 0 Å². The van der Waals surface area contributed by atoms with Crippen LogP contribution < -0.4 is 0 Å². The maximum absolute atomic E-state index is 5.80. The average Bonchev–Trinajstić information content (AvgIpc) is 2.40. The minimum Gasteiger partial charge on any atom is -0.333 e. The third-order valence-electron chi connectivity index (χ3n) is 2.65. The van der Waals surface area contributed by atoms with Crippen LogP contribution in [0.5, 0.6) is 0 Å². The zero-order valence-corrected chi connectivity index (χ0v) is 8.04. The van der Waals surface area contributed by atoms with Crippen molar-refractivity contribution in [2.45, 2.75) is 45.3 Å². The number of ether oxygens (including phenoxy) is 2. The monoisotopic (exact) mass is 171 g/mol. The Morgan fingerprint density at radius 1 is 1.25 bits per heavy atom. The molecule has 3 nitrogen and oxygen atoms in total. The van der Waals surface area contributed by atoms with Crippen molar-refractivity contribution in [1.82, 2.24) is 4.90 Å². The Morgan fingerprint density at radius 2 is 1.75 bits per heavy atom. The van der Waals surface area contributed by atoms with Crippen molar-refractivity contribution in [1.29, 1.82) is 0 Å². The standard InChI is InChI=1S/C9H17NO2/c1-4-9-10(5-7(2)11-9)6-8(3)12-9/h7-8H,4-6H2,1-3H3. The van der Waals surface area contributed by atoms with E-state index >= 15 is 0 Å². The van der Waals surface area contributed by atoms with Gasteiger partial charge in [0.05, 0.1) is 12.2 Å². The molecule has 0 saturated carbocycles. The molecule has 0 amide bonds. The quantitative estimate of drug-likeness (QED) is 0.591. The van der Waals surface area contributed by atoms with Gasteiger partial charge in [0.15, 0.2) is 0 Å². The van der Waals surface area contributed by atoms with Crippen LogP contribution in [0.3, 0.4) is 0 Å². The molecule has 2 atom stereocenters. The van der Waals surface area contributed by atoms with Crippen molar-refractivity contribution in [3.8, 4) is 0 Å². The lowest BCUT2D eigenvalue weighted by atomic mass is 10.3. The van der Waals surface area contributed by atoms with Crippen LogP contribution in [0.15, 0.2) is 0 Å². The second kappa shape index (κ2) is 2.69. The first-order chi connectivity index (χ1) is 5.66. The highest BCUT2D eigenvalue weighted by atomic mass is 16.7. The molecule has 2 rings (SSSR count). The van der Waals surface area contributed by atoms with Crippen molar-refractivity contribution >= 4 is 0 Å². The predicted molar refractivity (Wildman–Crippen MR) is 45.7 cm³/mol. The molecular weight excluding hydrogens is 154 g/mol. The summed E-state index contributed by atoms with van der Waals surface area (Å²) in [5.41, 5.74) is 0. The molecule has 0 radical (unpaired) electrons. The third-order valence-corrected chi connectivity index (χ3v) is 2.65. The van der Waals surface area contributed by atoms with E-state index in [0.717, 1.165) is 19.5 Å². The first-order valence-corrected chi connectivity index (χ1v) is 4.77. The Morgan fingerprint density at radius 3 is 2.08 bits per heavy atom. The Kier molecular flexibility index (Phi) is 1.90. The smallest absolute Gasteiger partial charge is 0.230 e. The Hall–Kier alpha value is -0.120. The molecule has 2 aliphatic rings. The van der Waals surface area contributed by atoms with Crippen molar-refractivity contribution in [3.63, 3.8) is 0 Å². The third kappa shape index (κ3) is 1.08. The molecule has 0 aromatic heterocycles. The highest BCUT2D eigenvalue weighted by Crippen LogP contribution is 2.37. The summed E-state index contributed by atoms with van der Waals surface area (Å²) in [7, 11) is 0. The lowest BCUT2D eigenvalue weighted by Crippen LogP contribution is -2.39. The van der Waals surface area contributed by atoms with Crippen LogP contribution in [-0.4, -0.2) is 36.1 Å². The predicted octanol–water partition coefficient (Wildman–Crippen LogP) is 1.19. The molecule has 0 bridgehead atoms. The Labute approximate surface area is 73.6 Å². The summed E-state index contributed by atoms with van der Waals surface area (Å²) < 4.78 is 11.6. The van der Waals surface area contributed by atoms with Gasteiger partial charge in [-0.3, -0.25) is 0 Å². The summed E-state index contributed by atoms with van der Waals surface area (Å²) in [5.74, 6) is -0.376. The van der Waals surface area contributed by atoms with Crippen LogP contribution in [0, 0.1) is 0 Å². The fourth-order valence-electron chi connectivity index (χ4n) is 2.24. The van der Waals surface area contributed by atoms with Gasteiger partial charge in [0, 0.05) is 19.5 Å². The molecule has 2 saturated heterocycles. The first kappa shape index (κ1) is 8.48. The van der Waals surface area contributed by atoms with Crippen LogP contribution >= 0.6 is 0 Å². The van der Waals surface area contributed by atoms with Crippen molar-refractivity contribution in [2.24, 2.45) is 0 Å². The molecule has 0 spiro atoms. The van der Waals surface area contributed by atoms with Gasteiger partial charge in [-0.15, -0.1) is 0 Å². The van der Waals surface area contributed by atoms with E-state index in [4.69, 9.17) is 9.47 Å². The van der Waals surface area contributed by atoms with E-state index < -0.39 is 0 Å². The highest BCUT2D eigenvalue weighted by Gasteiger charge is 2.51. The Bertz CT molecular complexity index is 169. The molecular formula is C9H17NO2. The first-order valence-electron chi connectivity index (χ1n) is 4.77. The molecule has 2 unspecified atom stereocenters. The van der Waals surface area contributed by atoms with Gasteiger partial charge in [0.25, 0.3) is 0 Å². The molecule has 70 valence electrons. The number of hydrogen-bond donors (Lipinski definition) is 0. The number of hydrogen-bond acceptors (Lipinski definition) is 3. The second-order valence-electron chi connectivity index (χ2n) is 3.83. The van der Waals surface area contributed by atoms with Gasteiger partial charge in [-0.1, -0.05) is 6.92 Å². The zero-order chi connectivity index (χ0) is 8.77. The van der Waals surface area contributed by atoms with Gasteiger partial charge >= 0.3 is 0 Å². The summed E-state index contributed by atoms with van der Waals surface area (Å²) >= 11 is 0. The van der Waals surface area contributed by atoms with Gasteiger partial charge in [-0.2, -0.15) is 0 Å². The summed E-state index contributed by atoms with van der Waals surface area (Å²) in [6.45, 7) is 8.34. The Balaban J connectivity index is 2.16. The van der Waals surface area contributed by atoms with Crippen LogP contribution in [0.25, 0.3) is 0 Å². The average molecular weight is 171 g/mol. The van der Waals surface area contributed by atoms with E-state index in [9.17, 15) is 0 Å². The van der Waals surface area contributed by atoms with Crippen molar-refractivity contribution < 1.29 is 9.47 Å². The van der Waals surface area contributed by atoms with Gasteiger partial charge in [-0.25, -0.2) is 4.90 Å². The molecule has 12 heavy (non-hydrogen) atoms.